The van der Waals surface area contributed by atoms with Crippen LogP contribution in [0.3, 0.4) is 0 Å². The number of rotatable bonds is 3. The van der Waals surface area contributed by atoms with Gasteiger partial charge >= 0.3 is 0 Å². The zero-order chi connectivity index (χ0) is 11.4. The summed E-state index contributed by atoms with van der Waals surface area (Å²) >= 11 is 0. The van der Waals surface area contributed by atoms with Gasteiger partial charge in [-0.2, -0.15) is 0 Å². The van der Waals surface area contributed by atoms with Crippen LogP contribution in [0.2, 0.25) is 0 Å². The fraction of sp³-hybridized carbons (Fsp3) is 0.250. The van der Waals surface area contributed by atoms with Gasteiger partial charge in [0.2, 0.25) is 0 Å². The maximum absolute atomic E-state index is 4.01. The highest BCUT2D eigenvalue weighted by Gasteiger charge is 2.08. The van der Waals surface area contributed by atoms with E-state index in [1.54, 1.807) is 0 Å². The Morgan fingerprint density at radius 2 is 2.06 bits per heavy atom. The average Bonchev–Trinajstić information content (AvgIpc) is 2.31. The van der Waals surface area contributed by atoms with E-state index in [1.807, 2.05) is 0 Å². The van der Waals surface area contributed by atoms with Gasteiger partial charge in [0.1, 0.15) is 0 Å². The lowest BCUT2D eigenvalue weighted by molar-refractivity contribution is 0.760. The molecule has 0 heterocycles. The van der Waals surface area contributed by atoms with Crippen molar-refractivity contribution in [2.45, 2.75) is 19.8 Å². The maximum atomic E-state index is 4.01. The predicted octanol–water partition coefficient (Wildman–Crippen LogP) is 4.31. The van der Waals surface area contributed by atoms with Gasteiger partial charge in [0, 0.05) is 5.92 Å². The molecule has 0 bridgehead atoms. The smallest absolute Gasteiger partial charge is 0.000921 e. The Morgan fingerprint density at radius 1 is 1.31 bits per heavy atom. The van der Waals surface area contributed by atoms with Crippen molar-refractivity contribution in [3.8, 4) is 0 Å². The molecule has 1 aromatic rings. The van der Waals surface area contributed by atoms with E-state index in [0.29, 0.717) is 5.92 Å². The molecule has 16 heavy (non-hydrogen) atoms. The second-order valence-electron chi connectivity index (χ2n) is 4.49. The molecule has 1 atom stereocenters. The summed E-state index contributed by atoms with van der Waals surface area (Å²) in [6.45, 7) is 6.11. The van der Waals surface area contributed by atoms with Crippen LogP contribution < -0.4 is 0 Å². The molecule has 0 N–H and O–H groups in total. The van der Waals surface area contributed by atoms with Gasteiger partial charge in [0.25, 0.3) is 0 Å². The van der Waals surface area contributed by atoms with E-state index >= 15 is 0 Å². The average molecular weight is 210 g/mol. The topological polar surface area (TPSA) is 0 Å². The Bertz CT molecular complexity index is 421. The van der Waals surface area contributed by atoms with E-state index in [1.165, 1.54) is 16.7 Å². The zero-order valence-corrected chi connectivity index (χ0v) is 9.82. The van der Waals surface area contributed by atoms with Crippen LogP contribution >= 0.6 is 0 Å². The van der Waals surface area contributed by atoms with E-state index < -0.39 is 0 Å². The fourth-order valence-corrected chi connectivity index (χ4v) is 1.99. The van der Waals surface area contributed by atoms with E-state index in [0.717, 1.165) is 12.8 Å². The van der Waals surface area contributed by atoms with Crippen molar-refractivity contribution in [2.75, 3.05) is 0 Å². The number of benzene rings is 1. The molecule has 0 amide bonds. The summed E-state index contributed by atoms with van der Waals surface area (Å²) in [7, 11) is 0. The lowest BCUT2D eigenvalue weighted by Gasteiger charge is -2.16. The monoisotopic (exact) mass is 210 g/mol. The lowest BCUT2D eigenvalue weighted by Crippen LogP contribution is -2.01. The molecule has 0 fully saturated rings. The van der Waals surface area contributed by atoms with Gasteiger partial charge in [-0.15, -0.1) is 0 Å². The molecular weight excluding hydrogens is 192 g/mol. The number of hydrogen-bond acceptors (Lipinski definition) is 0. The summed E-state index contributed by atoms with van der Waals surface area (Å²) in [4.78, 5) is 0. The SMILES string of the molecule is C=C(C)C1C=CC(Cc2ccccc2)=CC1. The zero-order valence-electron chi connectivity index (χ0n) is 9.82. The summed E-state index contributed by atoms with van der Waals surface area (Å²) in [6.07, 6.45) is 9.01. The van der Waals surface area contributed by atoms with Crippen LogP contribution in [-0.2, 0) is 6.42 Å². The third kappa shape index (κ3) is 2.73. The van der Waals surface area contributed by atoms with Gasteiger partial charge in [-0.3, -0.25) is 0 Å². The minimum absolute atomic E-state index is 0.541. The Kier molecular flexibility index (Phi) is 3.40. The van der Waals surface area contributed by atoms with Gasteiger partial charge in [-0.1, -0.05) is 60.7 Å². The van der Waals surface area contributed by atoms with Crippen molar-refractivity contribution < 1.29 is 0 Å². The molecule has 0 heteroatoms. The molecule has 0 nitrogen and oxygen atoms in total. The summed E-state index contributed by atoms with van der Waals surface area (Å²) in [5.74, 6) is 0.541. The molecule has 0 spiro atoms. The normalized spacial score (nSPS) is 19.3. The first-order chi connectivity index (χ1) is 7.75. The van der Waals surface area contributed by atoms with Crippen LogP contribution in [0.25, 0.3) is 0 Å². The molecule has 0 saturated heterocycles. The summed E-state index contributed by atoms with van der Waals surface area (Å²) in [5, 5.41) is 0. The first-order valence-electron chi connectivity index (χ1n) is 5.82. The van der Waals surface area contributed by atoms with Crippen LogP contribution in [-0.4, -0.2) is 0 Å². The molecule has 1 aliphatic rings. The van der Waals surface area contributed by atoms with Gasteiger partial charge in [-0.25, -0.2) is 0 Å². The molecule has 1 unspecified atom stereocenters. The minimum Gasteiger partial charge on any atom is -0.0995 e. The summed E-state index contributed by atoms with van der Waals surface area (Å²) in [5.41, 5.74) is 4.06. The molecule has 1 aromatic carbocycles. The van der Waals surface area contributed by atoms with E-state index in [4.69, 9.17) is 0 Å². The highest BCUT2D eigenvalue weighted by Crippen LogP contribution is 2.23. The van der Waals surface area contributed by atoms with Crippen molar-refractivity contribution in [2.24, 2.45) is 5.92 Å². The molecule has 0 aromatic heterocycles. The molecule has 2 rings (SSSR count). The van der Waals surface area contributed by atoms with E-state index in [-0.39, 0.29) is 0 Å². The third-order valence-electron chi connectivity index (χ3n) is 3.06. The molecule has 0 aliphatic heterocycles. The fourth-order valence-electron chi connectivity index (χ4n) is 1.99. The van der Waals surface area contributed by atoms with Crippen LogP contribution in [0.15, 0.2) is 66.3 Å². The number of allylic oxidation sites excluding steroid dienone is 5. The van der Waals surface area contributed by atoms with Crippen LogP contribution in [0.1, 0.15) is 18.9 Å². The first kappa shape index (κ1) is 10.9. The van der Waals surface area contributed by atoms with Gasteiger partial charge in [-0.05, 0) is 30.9 Å². The second-order valence-corrected chi connectivity index (χ2v) is 4.49. The van der Waals surface area contributed by atoms with E-state index in [9.17, 15) is 0 Å². The van der Waals surface area contributed by atoms with Crippen molar-refractivity contribution in [1.82, 2.24) is 0 Å². The Labute approximate surface area is 98.0 Å². The standard InChI is InChI=1S/C16H18/c1-13(2)16-10-8-15(9-11-16)12-14-6-4-3-5-7-14/h3-10,16H,1,11-12H2,2H3. The van der Waals surface area contributed by atoms with Crippen molar-refractivity contribution >= 4 is 0 Å². The quantitative estimate of drug-likeness (QED) is 0.652. The van der Waals surface area contributed by atoms with Crippen LogP contribution in [0, 0.1) is 5.92 Å². The first-order valence-corrected chi connectivity index (χ1v) is 5.82. The van der Waals surface area contributed by atoms with Gasteiger partial charge in [0.05, 0.1) is 0 Å². The van der Waals surface area contributed by atoms with Gasteiger partial charge in [0.15, 0.2) is 0 Å². The van der Waals surface area contributed by atoms with Crippen molar-refractivity contribution in [3.05, 3.63) is 71.8 Å². The third-order valence-corrected chi connectivity index (χ3v) is 3.06. The Morgan fingerprint density at radius 3 is 2.62 bits per heavy atom. The van der Waals surface area contributed by atoms with E-state index in [2.05, 4.69) is 62.1 Å². The van der Waals surface area contributed by atoms with Crippen molar-refractivity contribution in [1.29, 1.82) is 0 Å². The summed E-state index contributed by atoms with van der Waals surface area (Å²) in [6, 6.07) is 10.6. The van der Waals surface area contributed by atoms with Gasteiger partial charge < -0.3 is 0 Å². The molecule has 0 radical (unpaired) electrons. The number of hydrogen-bond donors (Lipinski definition) is 0. The lowest BCUT2D eigenvalue weighted by atomic mass is 9.90. The molecular formula is C16H18. The largest absolute Gasteiger partial charge is 0.0995 e. The van der Waals surface area contributed by atoms with Crippen LogP contribution in [0.5, 0.6) is 0 Å². The maximum Gasteiger partial charge on any atom is 0.000921 e. The minimum atomic E-state index is 0.541. The molecule has 82 valence electrons. The van der Waals surface area contributed by atoms with Crippen LogP contribution in [0.4, 0.5) is 0 Å². The Balaban J connectivity index is 2.00. The second kappa shape index (κ2) is 4.98. The highest BCUT2D eigenvalue weighted by molar-refractivity contribution is 5.32. The summed E-state index contributed by atoms with van der Waals surface area (Å²) < 4.78 is 0. The predicted molar refractivity (Wildman–Crippen MR) is 70.3 cm³/mol. The highest BCUT2D eigenvalue weighted by atomic mass is 14.1. The molecule has 1 aliphatic carbocycles. The van der Waals surface area contributed by atoms with Crippen molar-refractivity contribution in [3.63, 3.8) is 0 Å². The molecule has 0 saturated carbocycles. The Hall–Kier alpha value is -1.56.